The monoisotopic (exact) mass is 275 g/mol. The summed E-state index contributed by atoms with van der Waals surface area (Å²) < 4.78 is 0. The fourth-order valence-electron chi connectivity index (χ4n) is 2.87. The van der Waals surface area contributed by atoms with E-state index in [9.17, 15) is 4.79 Å². The summed E-state index contributed by atoms with van der Waals surface area (Å²) >= 11 is 0. The fraction of sp³-hybridized carbons (Fsp3) is 0.562. The lowest BCUT2D eigenvalue weighted by atomic mass is 9.98. The largest absolute Gasteiger partial charge is 0.351 e. The Kier molecular flexibility index (Phi) is 5.41. The maximum absolute atomic E-state index is 11.1. The van der Waals surface area contributed by atoms with Gasteiger partial charge in [0.05, 0.1) is 0 Å². The van der Waals surface area contributed by atoms with Crippen LogP contribution in [0.1, 0.15) is 44.2 Å². The number of nitrogens with two attached hydrogens (primary N) is 1. The minimum Gasteiger partial charge on any atom is -0.351 e. The zero-order valence-corrected chi connectivity index (χ0v) is 12.2. The highest BCUT2D eigenvalue weighted by molar-refractivity contribution is 5.72. The Labute approximate surface area is 121 Å². The number of benzene rings is 1. The van der Waals surface area contributed by atoms with Gasteiger partial charge in [-0.1, -0.05) is 43.7 Å². The molecule has 3 N–H and O–H groups in total. The van der Waals surface area contributed by atoms with Crippen LogP contribution in [-0.2, 0) is 0 Å². The predicted molar refractivity (Wildman–Crippen MR) is 81.4 cm³/mol. The molecule has 0 bridgehead atoms. The number of piperidine rings is 1. The van der Waals surface area contributed by atoms with Crippen LogP contribution in [-0.4, -0.2) is 30.1 Å². The number of amides is 2. The molecule has 1 aromatic carbocycles. The van der Waals surface area contributed by atoms with Gasteiger partial charge in [0.2, 0.25) is 0 Å². The number of likely N-dealkylation sites (tertiary alicyclic amines) is 1. The van der Waals surface area contributed by atoms with Crippen LogP contribution >= 0.6 is 0 Å². The van der Waals surface area contributed by atoms with Crippen LogP contribution in [0, 0.1) is 0 Å². The average molecular weight is 275 g/mol. The molecule has 1 aliphatic rings. The second kappa shape index (κ2) is 7.29. The summed E-state index contributed by atoms with van der Waals surface area (Å²) in [6.07, 6.45) is 4.26. The quantitative estimate of drug-likeness (QED) is 0.868. The van der Waals surface area contributed by atoms with E-state index >= 15 is 0 Å². The molecule has 0 saturated carbocycles. The lowest BCUT2D eigenvalue weighted by Crippen LogP contribution is -2.47. The van der Waals surface area contributed by atoms with Crippen LogP contribution in [0.2, 0.25) is 0 Å². The number of carbonyl (C=O) groups excluding carboxylic acids is 1. The predicted octanol–water partition coefficient (Wildman–Crippen LogP) is 2.66. The molecular formula is C16H25N3O. The molecule has 1 saturated heterocycles. The van der Waals surface area contributed by atoms with Gasteiger partial charge in [-0.2, -0.15) is 0 Å². The van der Waals surface area contributed by atoms with Gasteiger partial charge in [0.25, 0.3) is 0 Å². The SMILES string of the molecule is CCCC(NC1CCN(C(N)=O)CC1)c1ccccc1. The van der Waals surface area contributed by atoms with Gasteiger partial charge in [0.15, 0.2) is 0 Å². The third kappa shape index (κ3) is 3.97. The molecule has 110 valence electrons. The maximum Gasteiger partial charge on any atom is 0.314 e. The van der Waals surface area contributed by atoms with Crippen molar-refractivity contribution in [3.05, 3.63) is 35.9 Å². The second-order valence-corrected chi connectivity index (χ2v) is 5.52. The van der Waals surface area contributed by atoms with Crippen LogP contribution in [0.15, 0.2) is 30.3 Å². The number of urea groups is 1. The maximum atomic E-state index is 11.1. The molecule has 4 heteroatoms. The number of rotatable bonds is 5. The zero-order valence-electron chi connectivity index (χ0n) is 12.2. The smallest absolute Gasteiger partial charge is 0.314 e. The first-order valence-corrected chi connectivity index (χ1v) is 7.56. The first-order chi connectivity index (χ1) is 9.70. The zero-order chi connectivity index (χ0) is 14.4. The highest BCUT2D eigenvalue weighted by Gasteiger charge is 2.23. The molecule has 0 spiro atoms. The van der Waals surface area contributed by atoms with Gasteiger partial charge in [-0.3, -0.25) is 0 Å². The van der Waals surface area contributed by atoms with Crippen LogP contribution in [0.4, 0.5) is 4.79 Å². The van der Waals surface area contributed by atoms with Gasteiger partial charge >= 0.3 is 6.03 Å². The summed E-state index contributed by atoms with van der Waals surface area (Å²) in [7, 11) is 0. The van der Waals surface area contributed by atoms with Crippen molar-refractivity contribution in [2.45, 2.75) is 44.7 Å². The van der Waals surface area contributed by atoms with Crippen molar-refractivity contribution in [1.82, 2.24) is 10.2 Å². The number of nitrogens with zero attached hydrogens (tertiary/aromatic N) is 1. The molecule has 4 nitrogen and oxygen atoms in total. The van der Waals surface area contributed by atoms with Crippen molar-refractivity contribution < 1.29 is 4.79 Å². The van der Waals surface area contributed by atoms with Crippen molar-refractivity contribution in [2.75, 3.05) is 13.1 Å². The highest BCUT2D eigenvalue weighted by Crippen LogP contribution is 2.21. The molecule has 1 atom stereocenters. The minimum absolute atomic E-state index is 0.295. The van der Waals surface area contributed by atoms with Gasteiger partial charge < -0.3 is 16.0 Å². The summed E-state index contributed by atoms with van der Waals surface area (Å²) in [4.78, 5) is 12.9. The van der Waals surface area contributed by atoms with E-state index in [0.717, 1.165) is 38.8 Å². The lowest BCUT2D eigenvalue weighted by molar-refractivity contribution is 0.181. The molecule has 1 heterocycles. The van der Waals surface area contributed by atoms with Gasteiger partial charge in [0.1, 0.15) is 0 Å². The molecule has 0 aliphatic carbocycles. The van der Waals surface area contributed by atoms with E-state index in [4.69, 9.17) is 5.73 Å². The Morgan fingerprint density at radius 1 is 1.35 bits per heavy atom. The molecule has 1 fully saturated rings. The van der Waals surface area contributed by atoms with E-state index in [1.165, 1.54) is 5.56 Å². The van der Waals surface area contributed by atoms with Gasteiger partial charge in [-0.05, 0) is 24.8 Å². The average Bonchev–Trinajstić information content (AvgIpc) is 2.48. The Balaban J connectivity index is 1.91. The van der Waals surface area contributed by atoms with Crippen LogP contribution in [0.5, 0.6) is 0 Å². The molecule has 20 heavy (non-hydrogen) atoms. The summed E-state index contributed by atoms with van der Waals surface area (Å²) in [5.74, 6) is 0. The van der Waals surface area contributed by atoms with Crippen molar-refractivity contribution in [3.8, 4) is 0 Å². The summed E-state index contributed by atoms with van der Waals surface area (Å²) in [6, 6.07) is 11.2. The Morgan fingerprint density at radius 3 is 2.55 bits per heavy atom. The van der Waals surface area contributed by atoms with E-state index in [0.29, 0.717) is 12.1 Å². The fourth-order valence-corrected chi connectivity index (χ4v) is 2.87. The van der Waals surface area contributed by atoms with Crippen LogP contribution in [0.3, 0.4) is 0 Å². The molecule has 0 radical (unpaired) electrons. The Morgan fingerprint density at radius 2 is 2.00 bits per heavy atom. The van der Waals surface area contributed by atoms with Crippen molar-refractivity contribution >= 4 is 6.03 Å². The first-order valence-electron chi connectivity index (χ1n) is 7.56. The lowest BCUT2D eigenvalue weighted by Gasteiger charge is -2.34. The van der Waals surface area contributed by atoms with E-state index in [-0.39, 0.29) is 6.03 Å². The number of hydrogen-bond acceptors (Lipinski definition) is 2. The molecule has 1 aliphatic heterocycles. The van der Waals surface area contributed by atoms with E-state index in [1.54, 1.807) is 4.90 Å². The Bertz CT molecular complexity index is 413. The van der Waals surface area contributed by atoms with E-state index < -0.39 is 0 Å². The summed E-state index contributed by atoms with van der Waals surface area (Å²) in [5.41, 5.74) is 6.67. The summed E-state index contributed by atoms with van der Waals surface area (Å²) in [6.45, 7) is 3.74. The molecule has 1 aromatic rings. The third-order valence-electron chi connectivity index (χ3n) is 4.02. The third-order valence-corrected chi connectivity index (χ3v) is 4.02. The first kappa shape index (κ1) is 14.9. The standard InChI is InChI=1S/C16H25N3O/c1-2-6-15(13-7-4-3-5-8-13)18-14-9-11-19(12-10-14)16(17)20/h3-5,7-8,14-15,18H,2,6,9-12H2,1H3,(H2,17,20). The summed E-state index contributed by atoms with van der Waals surface area (Å²) in [5, 5.41) is 3.75. The van der Waals surface area contributed by atoms with Crippen molar-refractivity contribution in [1.29, 1.82) is 0 Å². The molecule has 1 unspecified atom stereocenters. The number of carbonyl (C=O) groups is 1. The molecular weight excluding hydrogens is 250 g/mol. The number of primary amides is 1. The number of hydrogen-bond donors (Lipinski definition) is 2. The molecule has 0 aromatic heterocycles. The Hall–Kier alpha value is -1.55. The molecule has 2 rings (SSSR count). The van der Waals surface area contributed by atoms with Crippen LogP contribution < -0.4 is 11.1 Å². The highest BCUT2D eigenvalue weighted by atomic mass is 16.2. The van der Waals surface area contributed by atoms with Gasteiger partial charge in [-0.25, -0.2) is 4.79 Å². The second-order valence-electron chi connectivity index (χ2n) is 5.52. The van der Waals surface area contributed by atoms with Crippen LogP contribution in [0.25, 0.3) is 0 Å². The van der Waals surface area contributed by atoms with Crippen molar-refractivity contribution in [2.24, 2.45) is 5.73 Å². The van der Waals surface area contributed by atoms with Crippen molar-refractivity contribution in [3.63, 3.8) is 0 Å². The minimum atomic E-state index is -0.295. The van der Waals surface area contributed by atoms with E-state index in [1.807, 2.05) is 0 Å². The van der Waals surface area contributed by atoms with Gasteiger partial charge in [-0.15, -0.1) is 0 Å². The van der Waals surface area contributed by atoms with E-state index in [2.05, 4.69) is 42.6 Å². The normalized spacial score (nSPS) is 17.9. The topological polar surface area (TPSA) is 58.4 Å². The molecule has 2 amide bonds. The van der Waals surface area contributed by atoms with Gasteiger partial charge in [0, 0.05) is 25.2 Å². The number of nitrogens with one attached hydrogen (secondary N) is 1.